The first-order valence-electron chi connectivity index (χ1n) is 7.93. The molecule has 0 N–H and O–H groups in total. The van der Waals surface area contributed by atoms with Gasteiger partial charge in [0.2, 0.25) is 0 Å². The van der Waals surface area contributed by atoms with E-state index in [-0.39, 0.29) is 17.3 Å². The molecule has 0 saturated carbocycles. The average molecular weight is 379 g/mol. The van der Waals surface area contributed by atoms with Gasteiger partial charge in [0, 0.05) is 19.0 Å². The Morgan fingerprint density at radius 3 is 2.32 bits per heavy atom. The summed E-state index contributed by atoms with van der Waals surface area (Å²) in [4.78, 5) is 14.4. The molecule has 132 valence electrons. The van der Waals surface area contributed by atoms with Crippen molar-refractivity contribution in [2.45, 2.75) is 24.4 Å². The molecule has 1 aliphatic rings. The number of benzene rings is 2. The molecule has 0 radical (unpaired) electrons. The van der Waals surface area contributed by atoms with Gasteiger partial charge >= 0.3 is 6.03 Å². The fourth-order valence-corrected chi connectivity index (χ4v) is 4.75. The van der Waals surface area contributed by atoms with E-state index in [1.165, 1.54) is 17.0 Å². The van der Waals surface area contributed by atoms with Crippen LogP contribution in [0.15, 0.2) is 59.5 Å². The van der Waals surface area contributed by atoms with E-state index in [2.05, 4.69) is 0 Å². The predicted octanol–water partition coefficient (Wildman–Crippen LogP) is 3.23. The van der Waals surface area contributed by atoms with E-state index in [0.717, 1.165) is 15.4 Å². The topological polar surface area (TPSA) is 57.7 Å². The number of carbonyl (C=O) groups is 1. The van der Waals surface area contributed by atoms with Gasteiger partial charge in [-0.1, -0.05) is 48.0 Å². The molecule has 0 aromatic heterocycles. The van der Waals surface area contributed by atoms with E-state index in [1.807, 2.05) is 37.3 Å². The van der Waals surface area contributed by atoms with Crippen LogP contribution in [0.25, 0.3) is 0 Å². The monoisotopic (exact) mass is 378 g/mol. The standard InChI is InChI=1S/C18H19ClN2O3S/c1-14-7-9-17(10-8-14)25(23,24)21-16(11-19)13-20(18(21)22)12-15-5-3-2-4-6-15/h2-10,16H,11-13H2,1H3/t16-/m0/s1. The second kappa shape index (κ2) is 7.06. The summed E-state index contributed by atoms with van der Waals surface area (Å²) in [5, 5.41) is 0. The van der Waals surface area contributed by atoms with Crippen LogP contribution in [0.3, 0.4) is 0 Å². The summed E-state index contributed by atoms with van der Waals surface area (Å²) in [6.07, 6.45) is 0. The van der Waals surface area contributed by atoms with E-state index in [9.17, 15) is 13.2 Å². The van der Waals surface area contributed by atoms with Crippen LogP contribution in [0.1, 0.15) is 11.1 Å². The van der Waals surface area contributed by atoms with E-state index >= 15 is 0 Å². The van der Waals surface area contributed by atoms with E-state index in [4.69, 9.17) is 11.6 Å². The van der Waals surface area contributed by atoms with Gasteiger partial charge in [-0.25, -0.2) is 17.5 Å². The first-order chi connectivity index (χ1) is 11.9. The summed E-state index contributed by atoms with van der Waals surface area (Å²) >= 11 is 5.97. The highest BCUT2D eigenvalue weighted by Gasteiger charge is 2.44. The number of urea groups is 1. The lowest BCUT2D eigenvalue weighted by molar-refractivity contribution is 0.204. The van der Waals surface area contributed by atoms with Crippen LogP contribution in [0.2, 0.25) is 0 Å². The highest BCUT2D eigenvalue weighted by molar-refractivity contribution is 7.89. The lowest BCUT2D eigenvalue weighted by atomic mass is 10.2. The maximum absolute atomic E-state index is 12.9. The van der Waals surface area contributed by atoms with Crippen molar-refractivity contribution in [1.29, 1.82) is 0 Å². The Morgan fingerprint density at radius 1 is 1.08 bits per heavy atom. The molecule has 1 atom stereocenters. The van der Waals surface area contributed by atoms with Gasteiger partial charge in [0.05, 0.1) is 10.9 Å². The Labute approximate surface area is 152 Å². The van der Waals surface area contributed by atoms with Crippen LogP contribution >= 0.6 is 11.6 Å². The van der Waals surface area contributed by atoms with Gasteiger partial charge in [0.15, 0.2) is 0 Å². The Kier molecular flexibility index (Phi) is 5.01. The number of alkyl halides is 1. The minimum Gasteiger partial charge on any atom is -0.317 e. The Bertz CT molecular complexity index is 854. The second-order valence-corrected chi connectivity index (χ2v) is 8.19. The molecule has 1 heterocycles. The highest BCUT2D eigenvalue weighted by atomic mass is 35.5. The average Bonchev–Trinajstić information content (AvgIpc) is 2.92. The molecule has 1 fully saturated rings. The Hall–Kier alpha value is -2.05. The summed E-state index contributed by atoms with van der Waals surface area (Å²) < 4.78 is 26.8. The van der Waals surface area contributed by atoms with Gasteiger partial charge < -0.3 is 4.90 Å². The smallest absolute Gasteiger partial charge is 0.317 e. The molecule has 2 aromatic carbocycles. The molecule has 0 bridgehead atoms. The molecule has 5 nitrogen and oxygen atoms in total. The van der Waals surface area contributed by atoms with Gasteiger partial charge in [0.25, 0.3) is 10.0 Å². The fraction of sp³-hybridized carbons (Fsp3) is 0.278. The van der Waals surface area contributed by atoms with Crippen molar-refractivity contribution in [2.24, 2.45) is 0 Å². The van der Waals surface area contributed by atoms with Crippen LogP contribution in [-0.2, 0) is 16.6 Å². The fourth-order valence-electron chi connectivity index (χ4n) is 2.87. The number of halogens is 1. The van der Waals surface area contributed by atoms with E-state index < -0.39 is 22.1 Å². The molecule has 0 spiro atoms. The molecule has 0 aliphatic carbocycles. The maximum atomic E-state index is 12.9. The number of nitrogens with zero attached hydrogens (tertiary/aromatic N) is 2. The largest absolute Gasteiger partial charge is 0.334 e. The zero-order valence-corrected chi connectivity index (χ0v) is 15.4. The van der Waals surface area contributed by atoms with Crippen LogP contribution in [0.5, 0.6) is 0 Å². The van der Waals surface area contributed by atoms with E-state index in [1.54, 1.807) is 12.1 Å². The van der Waals surface area contributed by atoms with Crippen molar-refractivity contribution in [1.82, 2.24) is 9.21 Å². The molecular weight excluding hydrogens is 360 g/mol. The number of rotatable bonds is 5. The molecule has 1 aliphatic heterocycles. The van der Waals surface area contributed by atoms with Crippen molar-refractivity contribution < 1.29 is 13.2 Å². The van der Waals surface area contributed by atoms with Gasteiger partial charge in [0.1, 0.15) is 0 Å². The SMILES string of the molecule is Cc1ccc(S(=O)(=O)N2C(=O)N(Cc3ccccc3)C[C@@H]2CCl)cc1. The van der Waals surface area contributed by atoms with Crippen molar-refractivity contribution in [3.63, 3.8) is 0 Å². The van der Waals surface area contributed by atoms with Crippen molar-refractivity contribution in [2.75, 3.05) is 12.4 Å². The number of sulfonamides is 1. The molecule has 3 rings (SSSR count). The van der Waals surface area contributed by atoms with Gasteiger partial charge in [-0.15, -0.1) is 11.6 Å². The zero-order chi connectivity index (χ0) is 18.0. The summed E-state index contributed by atoms with van der Waals surface area (Å²) in [6.45, 7) is 2.51. The molecule has 2 amide bonds. The first-order valence-corrected chi connectivity index (χ1v) is 9.91. The Balaban J connectivity index is 1.89. The molecular formula is C18H19ClN2O3S. The Morgan fingerprint density at radius 2 is 1.72 bits per heavy atom. The molecule has 1 saturated heterocycles. The van der Waals surface area contributed by atoms with Crippen LogP contribution < -0.4 is 0 Å². The minimum atomic E-state index is -3.93. The molecule has 7 heteroatoms. The molecule has 2 aromatic rings. The van der Waals surface area contributed by atoms with E-state index in [0.29, 0.717) is 6.54 Å². The van der Waals surface area contributed by atoms with Gasteiger partial charge in [-0.2, -0.15) is 0 Å². The van der Waals surface area contributed by atoms with Crippen molar-refractivity contribution in [3.8, 4) is 0 Å². The summed E-state index contributed by atoms with van der Waals surface area (Å²) in [6, 6.07) is 14.8. The van der Waals surface area contributed by atoms with Gasteiger partial charge in [-0.3, -0.25) is 0 Å². The summed E-state index contributed by atoms with van der Waals surface area (Å²) in [7, 11) is -3.93. The molecule has 0 unspecified atom stereocenters. The third-order valence-corrected chi connectivity index (χ3v) is 6.39. The first kappa shape index (κ1) is 17.8. The van der Waals surface area contributed by atoms with Crippen molar-refractivity contribution in [3.05, 3.63) is 65.7 Å². The van der Waals surface area contributed by atoms with Crippen LogP contribution in [0, 0.1) is 6.92 Å². The lowest BCUT2D eigenvalue weighted by Crippen LogP contribution is -2.40. The predicted molar refractivity (Wildman–Crippen MR) is 97.0 cm³/mol. The minimum absolute atomic E-state index is 0.0577. The highest BCUT2D eigenvalue weighted by Crippen LogP contribution is 2.27. The third kappa shape index (κ3) is 3.50. The number of aryl methyl sites for hydroxylation is 1. The lowest BCUT2D eigenvalue weighted by Gasteiger charge is -2.21. The van der Waals surface area contributed by atoms with Crippen molar-refractivity contribution >= 4 is 27.7 Å². The number of carbonyl (C=O) groups excluding carboxylic acids is 1. The number of hydrogen-bond donors (Lipinski definition) is 0. The van der Waals surface area contributed by atoms with Crippen LogP contribution in [-0.4, -0.2) is 42.1 Å². The zero-order valence-electron chi connectivity index (χ0n) is 13.8. The number of amides is 2. The number of hydrogen-bond acceptors (Lipinski definition) is 3. The maximum Gasteiger partial charge on any atom is 0.334 e. The summed E-state index contributed by atoms with van der Waals surface area (Å²) in [5.74, 6) is 0.0577. The third-order valence-electron chi connectivity index (χ3n) is 4.19. The van der Waals surface area contributed by atoms with Crippen LogP contribution in [0.4, 0.5) is 4.79 Å². The normalized spacial score (nSPS) is 18.0. The van der Waals surface area contributed by atoms with Gasteiger partial charge in [-0.05, 0) is 24.6 Å². The quantitative estimate of drug-likeness (QED) is 0.750. The summed E-state index contributed by atoms with van der Waals surface area (Å²) in [5.41, 5.74) is 1.89. The molecule has 25 heavy (non-hydrogen) atoms. The second-order valence-electron chi connectivity index (χ2n) is 6.07.